The Hall–Kier alpha value is -1.53. The second-order valence-corrected chi connectivity index (χ2v) is 5.43. The van der Waals surface area contributed by atoms with Crippen LogP contribution in [0.15, 0.2) is 12.3 Å². The first-order chi connectivity index (χ1) is 9.02. The second kappa shape index (κ2) is 5.63. The standard InChI is InChI=1S/C12H13ClN2O3S/c1-3-7-4-8(11(19-7)12(16)17)18-6-10-14-5-9(13)15(10)2/h4-5H,3,6H2,1-2H3,(H,16,17). The van der Waals surface area contributed by atoms with Crippen molar-refractivity contribution in [2.24, 2.45) is 7.05 Å². The van der Waals surface area contributed by atoms with Gasteiger partial charge in [-0.2, -0.15) is 0 Å². The quantitative estimate of drug-likeness (QED) is 0.922. The Morgan fingerprint density at radius 1 is 1.63 bits per heavy atom. The molecule has 2 aromatic rings. The number of halogens is 1. The molecule has 0 atom stereocenters. The molecule has 0 fully saturated rings. The summed E-state index contributed by atoms with van der Waals surface area (Å²) in [5.41, 5.74) is 0. The van der Waals surface area contributed by atoms with Gasteiger partial charge < -0.3 is 14.4 Å². The number of hydrogen-bond acceptors (Lipinski definition) is 4. The van der Waals surface area contributed by atoms with Crippen molar-refractivity contribution in [2.45, 2.75) is 20.0 Å². The molecule has 7 heteroatoms. The minimum absolute atomic E-state index is 0.184. The first kappa shape index (κ1) is 13.9. The average molecular weight is 301 g/mol. The molecule has 1 N–H and O–H groups in total. The van der Waals surface area contributed by atoms with Crippen molar-refractivity contribution in [3.63, 3.8) is 0 Å². The summed E-state index contributed by atoms with van der Waals surface area (Å²) in [4.78, 5) is 16.4. The summed E-state index contributed by atoms with van der Waals surface area (Å²) in [6.45, 7) is 2.16. The molecule has 2 rings (SSSR count). The van der Waals surface area contributed by atoms with Crippen LogP contribution in [0.25, 0.3) is 0 Å². The van der Waals surface area contributed by atoms with Gasteiger partial charge in [0, 0.05) is 11.9 Å². The SMILES string of the molecule is CCc1cc(OCc2ncc(Cl)n2C)c(C(=O)O)s1. The molecule has 5 nitrogen and oxygen atoms in total. The Morgan fingerprint density at radius 3 is 2.89 bits per heavy atom. The molecule has 0 saturated carbocycles. The van der Waals surface area contributed by atoms with E-state index in [1.54, 1.807) is 17.7 Å². The zero-order valence-electron chi connectivity index (χ0n) is 10.5. The van der Waals surface area contributed by atoms with E-state index in [1.807, 2.05) is 6.92 Å². The number of hydrogen-bond donors (Lipinski definition) is 1. The van der Waals surface area contributed by atoms with Gasteiger partial charge in [0.15, 0.2) is 4.88 Å². The van der Waals surface area contributed by atoms with Gasteiger partial charge in [-0.15, -0.1) is 11.3 Å². The summed E-state index contributed by atoms with van der Waals surface area (Å²) in [6.07, 6.45) is 2.31. The zero-order valence-corrected chi connectivity index (χ0v) is 12.1. The maximum absolute atomic E-state index is 11.1. The topological polar surface area (TPSA) is 64.4 Å². The van der Waals surface area contributed by atoms with Crippen molar-refractivity contribution in [1.29, 1.82) is 0 Å². The molecule has 0 aliphatic rings. The van der Waals surface area contributed by atoms with Crippen LogP contribution in [0.4, 0.5) is 0 Å². The molecule has 0 aliphatic heterocycles. The molecule has 0 spiro atoms. The smallest absolute Gasteiger partial charge is 0.349 e. The van der Waals surface area contributed by atoms with Gasteiger partial charge in [0.2, 0.25) is 0 Å². The fourth-order valence-corrected chi connectivity index (χ4v) is 2.58. The normalized spacial score (nSPS) is 10.7. The number of thiophene rings is 1. The number of aromatic carboxylic acids is 1. The maximum atomic E-state index is 11.1. The van der Waals surface area contributed by atoms with E-state index in [4.69, 9.17) is 21.4 Å². The fourth-order valence-electron chi connectivity index (χ4n) is 1.55. The highest BCUT2D eigenvalue weighted by atomic mass is 35.5. The lowest BCUT2D eigenvalue weighted by Crippen LogP contribution is -2.05. The zero-order chi connectivity index (χ0) is 14.0. The van der Waals surface area contributed by atoms with E-state index in [2.05, 4.69) is 4.98 Å². The minimum atomic E-state index is -0.974. The lowest BCUT2D eigenvalue weighted by atomic mass is 10.3. The summed E-state index contributed by atoms with van der Waals surface area (Å²) >= 11 is 7.11. The highest BCUT2D eigenvalue weighted by Crippen LogP contribution is 2.30. The highest BCUT2D eigenvalue weighted by molar-refractivity contribution is 7.14. The van der Waals surface area contributed by atoms with Crippen LogP contribution >= 0.6 is 22.9 Å². The molecule has 19 heavy (non-hydrogen) atoms. The number of nitrogens with zero attached hydrogens (tertiary/aromatic N) is 2. The number of carboxylic acids is 1. The van der Waals surface area contributed by atoms with Crippen LogP contribution in [-0.2, 0) is 20.1 Å². The molecular weight excluding hydrogens is 288 g/mol. The summed E-state index contributed by atoms with van der Waals surface area (Å²) in [5.74, 6) is 0.0524. The Kier molecular flexibility index (Phi) is 4.11. The molecule has 0 saturated heterocycles. The van der Waals surface area contributed by atoms with E-state index >= 15 is 0 Å². The molecule has 102 valence electrons. The number of ether oxygens (including phenoxy) is 1. The van der Waals surface area contributed by atoms with E-state index in [0.29, 0.717) is 16.7 Å². The number of carboxylic acid groups (broad SMARTS) is 1. The van der Waals surface area contributed by atoms with E-state index in [9.17, 15) is 4.79 Å². The molecule has 0 bridgehead atoms. The van der Waals surface area contributed by atoms with Gasteiger partial charge in [-0.25, -0.2) is 9.78 Å². The second-order valence-electron chi connectivity index (χ2n) is 3.91. The van der Waals surface area contributed by atoms with Crippen molar-refractivity contribution < 1.29 is 14.6 Å². The summed E-state index contributed by atoms with van der Waals surface area (Å²) < 4.78 is 7.24. The predicted octanol–water partition coefficient (Wildman–Crippen LogP) is 2.97. The third kappa shape index (κ3) is 2.90. The summed E-state index contributed by atoms with van der Waals surface area (Å²) in [7, 11) is 1.78. The molecule has 0 aromatic carbocycles. The minimum Gasteiger partial charge on any atom is -0.484 e. The Labute approximate surface area is 119 Å². The van der Waals surface area contributed by atoms with Crippen LogP contribution in [-0.4, -0.2) is 20.6 Å². The van der Waals surface area contributed by atoms with Gasteiger partial charge in [-0.1, -0.05) is 18.5 Å². The molecule has 0 amide bonds. The lowest BCUT2D eigenvalue weighted by Gasteiger charge is -2.05. The van der Waals surface area contributed by atoms with Crippen molar-refractivity contribution in [1.82, 2.24) is 9.55 Å². The maximum Gasteiger partial charge on any atom is 0.349 e. The average Bonchev–Trinajstić information content (AvgIpc) is 2.93. The van der Waals surface area contributed by atoms with Gasteiger partial charge in [0.1, 0.15) is 23.3 Å². The van der Waals surface area contributed by atoms with Crippen molar-refractivity contribution in [3.8, 4) is 5.75 Å². The summed E-state index contributed by atoms with van der Waals surface area (Å²) in [5, 5.41) is 9.63. The Bertz CT molecular complexity index is 606. The van der Waals surface area contributed by atoms with E-state index in [0.717, 1.165) is 11.3 Å². The largest absolute Gasteiger partial charge is 0.484 e. The van der Waals surface area contributed by atoms with E-state index < -0.39 is 5.97 Å². The molecular formula is C12H13ClN2O3S. The van der Waals surface area contributed by atoms with Crippen LogP contribution < -0.4 is 4.74 Å². The van der Waals surface area contributed by atoms with E-state index in [-0.39, 0.29) is 11.5 Å². The third-order valence-electron chi connectivity index (χ3n) is 2.68. The van der Waals surface area contributed by atoms with Gasteiger partial charge in [-0.05, 0) is 12.5 Å². The van der Waals surface area contributed by atoms with Crippen molar-refractivity contribution in [2.75, 3.05) is 0 Å². The van der Waals surface area contributed by atoms with Crippen LogP contribution in [0.2, 0.25) is 5.15 Å². The number of aryl methyl sites for hydroxylation is 1. The highest BCUT2D eigenvalue weighted by Gasteiger charge is 2.17. The van der Waals surface area contributed by atoms with Crippen LogP contribution in [0.5, 0.6) is 5.75 Å². The van der Waals surface area contributed by atoms with Gasteiger partial charge in [-0.3, -0.25) is 0 Å². The number of aromatic nitrogens is 2. The fraction of sp³-hybridized carbons (Fsp3) is 0.333. The molecule has 0 unspecified atom stereocenters. The van der Waals surface area contributed by atoms with Crippen LogP contribution in [0.1, 0.15) is 27.3 Å². The van der Waals surface area contributed by atoms with Crippen LogP contribution in [0, 0.1) is 0 Å². The number of rotatable bonds is 5. The van der Waals surface area contributed by atoms with Gasteiger partial charge in [0.05, 0.1) is 6.20 Å². The Morgan fingerprint density at radius 2 is 2.37 bits per heavy atom. The Balaban J connectivity index is 2.17. The van der Waals surface area contributed by atoms with Gasteiger partial charge in [0.25, 0.3) is 0 Å². The van der Waals surface area contributed by atoms with Crippen molar-refractivity contribution >= 4 is 28.9 Å². The van der Waals surface area contributed by atoms with Gasteiger partial charge >= 0.3 is 5.97 Å². The first-order valence-electron chi connectivity index (χ1n) is 5.67. The first-order valence-corrected chi connectivity index (χ1v) is 6.87. The molecule has 0 aliphatic carbocycles. The predicted molar refractivity (Wildman–Crippen MR) is 73.2 cm³/mol. The number of imidazole rings is 1. The van der Waals surface area contributed by atoms with Crippen LogP contribution in [0.3, 0.4) is 0 Å². The molecule has 2 heterocycles. The number of carbonyl (C=O) groups is 1. The monoisotopic (exact) mass is 300 g/mol. The molecule has 0 radical (unpaired) electrons. The molecule has 2 aromatic heterocycles. The summed E-state index contributed by atoms with van der Waals surface area (Å²) in [6, 6.07) is 1.76. The third-order valence-corrected chi connectivity index (χ3v) is 4.28. The van der Waals surface area contributed by atoms with E-state index in [1.165, 1.54) is 17.5 Å². The lowest BCUT2D eigenvalue weighted by molar-refractivity contribution is 0.0697. The van der Waals surface area contributed by atoms with Crippen molar-refractivity contribution in [3.05, 3.63) is 33.0 Å².